The van der Waals surface area contributed by atoms with Crippen LogP contribution in [-0.2, 0) is 6.54 Å². The van der Waals surface area contributed by atoms with E-state index in [0.717, 1.165) is 31.5 Å². The molecule has 0 atom stereocenters. The lowest BCUT2D eigenvalue weighted by Gasteiger charge is -2.26. The summed E-state index contributed by atoms with van der Waals surface area (Å²) in [6, 6.07) is 7.25. The van der Waals surface area contributed by atoms with Crippen LogP contribution in [0.2, 0.25) is 0 Å². The Morgan fingerprint density at radius 2 is 1.77 bits per heavy atom. The molecule has 144 valence electrons. The predicted molar refractivity (Wildman–Crippen MR) is 95.1 cm³/mol. The summed E-state index contributed by atoms with van der Waals surface area (Å²) in [5.74, 6) is 0.358. The highest BCUT2D eigenvalue weighted by Gasteiger charge is 2.26. The topological polar surface area (TPSA) is 56.7 Å². The molecule has 0 bridgehead atoms. The zero-order chi connectivity index (χ0) is 19.0. The Bertz CT molecular complexity index is 608. The lowest BCUT2D eigenvalue weighted by molar-refractivity contribution is -0.132. The van der Waals surface area contributed by atoms with E-state index >= 15 is 0 Å². The summed E-state index contributed by atoms with van der Waals surface area (Å²) in [5, 5.41) is 5.59. The van der Waals surface area contributed by atoms with E-state index in [9.17, 15) is 18.0 Å². The van der Waals surface area contributed by atoms with Crippen molar-refractivity contribution in [2.45, 2.75) is 38.4 Å². The minimum absolute atomic E-state index is 0.0498. The van der Waals surface area contributed by atoms with Gasteiger partial charge in [0.05, 0.1) is 6.42 Å². The molecule has 26 heavy (non-hydrogen) atoms. The minimum atomic E-state index is -4.19. The average molecular weight is 370 g/mol. The fourth-order valence-electron chi connectivity index (χ4n) is 2.77. The number of alkyl halides is 3. The van der Waals surface area contributed by atoms with E-state index < -0.39 is 12.6 Å². The van der Waals surface area contributed by atoms with Crippen LogP contribution in [0.5, 0.6) is 0 Å². The van der Waals surface area contributed by atoms with Crippen molar-refractivity contribution in [2.24, 2.45) is 4.99 Å². The molecular formula is C18H25F3N4O. The lowest BCUT2D eigenvalue weighted by Crippen LogP contribution is -2.38. The van der Waals surface area contributed by atoms with Crippen molar-refractivity contribution in [1.29, 1.82) is 0 Å². The molecule has 1 aliphatic heterocycles. The Labute approximate surface area is 151 Å². The number of halogens is 3. The Morgan fingerprint density at radius 1 is 1.12 bits per heavy atom. The van der Waals surface area contributed by atoms with Crippen LogP contribution < -0.4 is 10.6 Å². The minimum Gasteiger partial charge on any atom is -0.356 e. The molecule has 2 N–H and O–H groups in total. The molecule has 0 radical (unpaired) electrons. The Kier molecular flexibility index (Phi) is 7.29. The van der Waals surface area contributed by atoms with Gasteiger partial charge >= 0.3 is 6.18 Å². The van der Waals surface area contributed by atoms with Crippen LogP contribution in [0.3, 0.4) is 0 Å². The number of benzene rings is 1. The molecule has 0 aromatic heterocycles. The maximum Gasteiger partial charge on any atom is 0.390 e. The van der Waals surface area contributed by atoms with Crippen LogP contribution in [0.1, 0.15) is 41.6 Å². The van der Waals surface area contributed by atoms with Crippen LogP contribution in [0, 0.1) is 0 Å². The van der Waals surface area contributed by atoms with Gasteiger partial charge in [0.25, 0.3) is 5.91 Å². The van der Waals surface area contributed by atoms with Crippen molar-refractivity contribution in [2.75, 3.05) is 26.7 Å². The number of amides is 1. The molecule has 2 rings (SSSR count). The summed E-state index contributed by atoms with van der Waals surface area (Å²) in [6.45, 7) is 1.79. The molecule has 0 aliphatic carbocycles. The first-order valence-electron chi connectivity index (χ1n) is 8.78. The summed E-state index contributed by atoms with van der Waals surface area (Å²) in [4.78, 5) is 18.2. The van der Waals surface area contributed by atoms with Gasteiger partial charge in [0.2, 0.25) is 0 Å². The van der Waals surface area contributed by atoms with Crippen molar-refractivity contribution < 1.29 is 18.0 Å². The molecule has 5 nitrogen and oxygen atoms in total. The highest BCUT2D eigenvalue weighted by Crippen LogP contribution is 2.18. The summed E-state index contributed by atoms with van der Waals surface area (Å²) < 4.78 is 36.5. The van der Waals surface area contributed by atoms with Crippen LogP contribution in [-0.4, -0.2) is 49.6 Å². The van der Waals surface area contributed by atoms with Gasteiger partial charge in [0.15, 0.2) is 5.96 Å². The third-order valence-corrected chi connectivity index (χ3v) is 4.23. The average Bonchev–Trinajstić information content (AvgIpc) is 2.64. The summed E-state index contributed by atoms with van der Waals surface area (Å²) in [7, 11) is 1.50. The van der Waals surface area contributed by atoms with Gasteiger partial charge in [0.1, 0.15) is 0 Å². The second-order valence-electron chi connectivity index (χ2n) is 6.27. The SMILES string of the molecule is CN=C(NCCC(F)(F)F)NCc1ccc(C(=O)N2CCCCC2)cc1. The van der Waals surface area contributed by atoms with E-state index in [1.54, 1.807) is 12.1 Å². The Balaban J connectivity index is 1.81. The second-order valence-corrected chi connectivity index (χ2v) is 6.27. The van der Waals surface area contributed by atoms with Crippen LogP contribution in [0.15, 0.2) is 29.3 Å². The van der Waals surface area contributed by atoms with E-state index in [2.05, 4.69) is 15.6 Å². The fourth-order valence-corrected chi connectivity index (χ4v) is 2.77. The first-order valence-corrected chi connectivity index (χ1v) is 8.78. The largest absolute Gasteiger partial charge is 0.390 e. The number of hydrogen-bond donors (Lipinski definition) is 2. The van der Waals surface area contributed by atoms with Crippen LogP contribution in [0.4, 0.5) is 13.2 Å². The van der Waals surface area contributed by atoms with Crippen molar-refractivity contribution in [3.63, 3.8) is 0 Å². The van der Waals surface area contributed by atoms with Crippen molar-refractivity contribution in [3.8, 4) is 0 Å². The highest BCUT2D eigenvalue weighted by molar-refractivity contribution is 5.94. The van der Waals surface area contributed by atoms with Crippen molar-refractivity contribution in [3.05, 3.63) is 35.4 Å². The third kappa shape index (κ3) is 6.57. The number of piperidine rings is 1. The van der Waals surface area contributed by atoms with Gasteiger partial charge < -0.3 is 15.5 Å². The summed E-state index contributed by atoms with van der Waals surface area (Å²) >= 11 is 0. The lowest BCUT2D eigenvalue weighted by atomic mass is 10.1. The smallest absolute Gasteiger partial charge is 0.356 e. The second kappa shape index (κ2) is 9.45. The number of carbonyl (C=O) groups is 1. The van der Waals surface area contributed by atoms with Gasteiger partial charge in [-0.05, 0) is 37.0 Å². The quantitative estimate of drug-likeness (QED) is 0.619. The number of likely N-dealkylation sites (tertiary alicyclic amines) is 1. The molecule has 1 saturated heterocycles. The number of hydrogen-bond acceptors (Lipinski definition) is 2. The van der Waals surface area contributed by atoms with Crippen molar-refractivity contribution in [1.82, 2.24) is 15.5 Å². The summed E-state index contributed by atoms with van der Waals surface area (Å²) in [5.41, 5.74) is 1.57. The molecule has 0 saturated carbocycles. The number of guanidine groups is 1. The number of carbonyl (C=O) groups excluding carboxylic acids is 1. The Hall–Kier alpha value is -2.25. The van der Waals surface area contributed by atoms with Gasteiger partial charge in [-0.25, -0.2) is 0 Å². The van der Waals surface area contributed by atoms with E-state index in [4.69, 9.17) is 0 Å². The van der Waals surface area contributed by atoms with E-state index in [-0.39, 0.29) is 12.5 Å². The first kappa shape index (κ1) is 20.1. The zero-order valence-electron chi connectivity index (χ0n) is 14.9. The standard InChI is InChI=1S/C18H25F3N4O/c1-22-17(23-10-9-18(19,20)21)24-13-14-5-7-15(8-6-14)16(26)25-11-3-2-4-12-25/h5-8H,2-4,9-13H2,1H3,(H2,22,23,24). The zero-order valence-corrected chi connectivity index (χ0v) is 14.9. The third-order valence-electron chi connectivity index (χ3n) is 4.23. The number of nitrogens with zero attached hydrogens (tertiary/aromatic N) is 2. The molecule has 1 aromatic rings. The molecule has 1 aromatic carbocycles. The molecule has 1 amide bonds. The molecule has 8 heteroatoms. The number of rotatable bonds is 5. The molecule has 1 fully saturated rings. The maximum atomic E-state index is 12.4. The van der Waals surface area contributed by atoms with Crippen molar-refractivity contribution >= 4 is 11.9 Å². The van der Waals surface area contributed by atoms with Gasteiger partial charge in [-0.1, -0.05) is 12.1 Å². The maximum absolute atomic E-state index is 12.4. The van der Waals surface area contributed by atoms with E-state index in [1.807, 2.05) is 17.0 Å². The normalized spacial score (nSPS) is 15.7. The monoisotopic (exact) mass is 370 g/mol. The van der Waals surface area contributed by atoms with E-state index in [1.165, 1.54) is 13.5 Å². The molecular weight excluding hydrogens is 345 g/mol. The number of aliphatic imine (C=N–C) groups is 1. The Morgan fingerprint density at radius 3 is 2.35 bits per heavy atom. The molecule has 0 spiro atoms. The first-order chi connectivity index (χ1) is 12.4. The van der Waals surface area contributed by atoms with Crippen LogP contribution in [0.25, 0.3) is 0 Å². The number of nitrogens with one attached hydrogen (secondary N) is 2. The van der Waals surface area contributed by atoms with Gasteiger partial charge in [-0.3, -0.25) is 9.79 Å². The highest BCUT2D eigenvalue weighted by atomic mass is 19.4. The van der Waals surface area contributed by atoms with Crippen LogP contribution >= 0.6 is 0 Å². The summed E-state index contributed by atoms with van der Waals surface area (Å²) in [6.07, 6.45) is -1.83. The molecule has 1 aliphatic rings. The van der Waals surface area contributed by atoms with Gasteiger partial charge in [-0.15, -0.1) is 0 Å². The van der Waals surface area contributed by atoms with Gasteiger partial charge in [0, 0.05) is 38.8 Å². The molecule has 1 heterocycles. The molecule has 0 unspecified atom stereocenters. The fraction of sp³-hybridized carbons (Fsp3) is 0.556. The predicted octanol–water partition coefficient (Wildman–Crippen LogP) is 2.93. The van der Waals surface area contributed by atoms with E-state index in [0.29, 0.717) is 18.1 Å². The van der Waals surface area contributed by atoms with Gasteiger partial charge in [-0.2, -0.15) is 13.2 Å².